The number of nitrogens with one attached hydrogen (secondary N) is 1. The molecule has 1 amide bonds. The van der Waals surface area contributed by atoms with Crippen LogP contribution in [0.4, 0.5) is 16.2 Å². The number of carbonyl (C=O) groups is 1. The lowest BCUT2D eigenvalue weighted by Gasteiger charge is -2.28. The number of aryl methyl sites for hydroxylation is 1. The molecule has 2 aromatic carbocycles. The van der Waals surface area contributed by atoms with E-state index in [1.807, 2.05) is 60.5 Å². The number of rotatable bonds is 3. The summed E-state index contributed by atoms with van der Waals surface area (Å²) in [6.07, 6.45) is 1.31. The van der Waals surface area contributed by atoms with Gasteiger partial charge in [0.1, 0.15) is 6.61 Å². The van der Waals surface area contributed by atoms with Crippen LogP contribution in [-0.2, 0) is 17.8 Å². The first-order valence-electron chi connectivity index (χ1n) is 7.50. The Balaban J connectivity index is 1.62. The summed E-state index contributed by atoms with van der Waals surface area (Å²) < 4.78 is 5.23. The van der Waals surface area contributed by atoms with E-state index in [9.17, 15) is 4.79 Å². The van der Waals surface area contributed by atoms with Gasteiger partial charge in [0.05, 0.1) is 4.99 Å². The van der Waals surface area contributed by atoms with Crippen LogP contribution in [0.1, 0.15) is 17.5 Å². The molecule has 0 fully saturated rings. The van der Waals surface area contributed by atoms with E-state index >= 15 is 0 Å². The third kappa shape index (κ3) is 3.68. The van der Waals surface area contributed by atoms with E-state index in [0.717, 1.165) is 34.8 Å². The minimum Gasteiger partial charge on any atom is -0.444 e. The summed E-state index contributed by atoms with van der Waals surface area (Å²) in [6.45, 7) is 0.259. The number of fused-ring (bicyclic) bond motifs is 1. The Kier molecular flexibility index (Phi) is 4.57. The van der Waals surface area contributed by atoms with Crippen LogP contribution < -0.4 is 10.2 Å². The van der Waals surface area contributed by atoms with Gasteiger partial charge in [-0.25, -0.2) is 4.79 Å². The van der Waals surface area contributed by atoms with Gasteiger partial charge in [-0.05, 0) is 35.7 Å². The highest BCUT2D eigenvalue weighted by Gasteiger charge is 2.18. The van der Waals surface area contributed by atoms with Gasteiger partial charge in [0.25, 0.3) is 0 Å². The van der Waals surface area contributed by atoms with E-state index in [0.29, 0.717) is 0 Å². The summed E-state index contributed by atoms with van der Waals surface area (Å²) in [5.74, 6) is 0. The minimum absolute atomic E-state index is 0.259. The second-order valence-corrected chi connectivity index (χ2v) is 5.95. The van der Waals surface area contributed by atoms with Gasteiger partial charge in [-0.15, -0.1) is 0 Å². The van der Waals surface area contributed by atoms with Crippen LogP contribution in [0.2, 0.25) is 0 Å². The summed E-state index contributed by atoms with van der Waals surface area (Å²) in [7, 11) is 1.97. The highest BCUT2D eigenvalue weighted by atomic mass is 32.1. The SMILES string of the molecule is CN1C(=S)CCc2cc(NC(=O)OCc3ccccc3)ccc21. The van der Waals surface area contributed by atoms with Gasteiger partial charge in [0.2, 0.25) is 0 Å². The Morgan fingerprint density at radius 1 is 1.22 bits per heavy atom. The summed E-state index contributed by atoms with van der Waals surface area (Å²) in [5.41, 5.74) is 3.98. The van der Waals surface area contributed by atoms with Gasteiger partial charge >= 0.3 is 6.09 Å². The molecule has 0 saturated carbocycles. The maximum Gasteiger partial charge on any atom is 0.411 e. The number of anilines is 2. The van der Waals surface area contributed by atoms with Gasteiger partial charge in [-0.2, -0.15) is 0 Å². The van der Waals surface area contributed by atoms with Crippen molar-refractivity contribution in [2.75, 3.05) is 17.3 Å². The molecule has 1 aliphatic heterocycles. The number of hydrogen-bond donors (Lipinski definition) is 1. The maximum absolute atomic E-state index is 11.9. The molecule has 0 spiro atoms. The Labute approximate surface area is 141 Å². The summed E-state index contributed by atoms with van der Waals surface area (Å²) in [5, 5.41) is 2.78. The predicted molar refractivity (Wildman–Crippen MR) is 96.0 cm³/mol. The molecular formula is C18H18N2O2S. The van der Waals surface area contributed by atoms with Crippen molar-refractivity contribution in [1.82, 2.24) is 0 Å². The zero-order chi connectivity index (χ0) is 16.2. The molecule has 0 atom stereocenters. The molecule has 0 unspecified atom stereocenters. The second kappa shape index (κ2) is 6.79. The molecule has 2 aromatic rings. The molecule has 118 valence electrons. The number of benzene rings is 2. The van der Waals surface area contributed by atoms with Gasteiger partial charge in [-0.1, -0.05) is 42.5 Å². The van der Waals surface area contributed by atoms with Crippen LogP contribution in [0.25, 0.3) is 0 Å². The molecule has 1 heterocycles. The third-order valence-corrected chi connectivity index (χ3v) is 4.36. The summed E-state index contributed by atoms with van der Waals surface area (Å²) in [4.78, 5) is 14.9. The molecule has 0 aliphatic carbocycles. The van der Waals surface area contributed by atoms with E-state index in [-0.39, 0.29) is 6.61 Å². The van der Waals surface area contributed by atoms with Gasteiger partial charge in [0.15, 0.2) is 0 Å². The molecule has 1 N–H and O–H groups in total. The van der Waals surface area contributed by atoms with Crippen LogP contribution >= 0.6 is 12.2 Å². The maximum atomic E-state index is 11.9. The molecule has 23 heavy (non-hydrogen) atoms. The van der Waals surface area contributed by atoms with Crippen molar-refractivity contribution in [1.29, 1.82) is 0 Å². The Bertz CT molecular complexity index is 731. The van der Waals surface area contributed by atoms with Crippen LogP contribution in [0, 0.1) is 0 Å². The highest BCUT2D eigenvalue weighted by molar-refractivity contribution is 7.80. The van der Waals surface area contributed by atoms with Crippen LogP contribution in [0.15, 0.2) is 48.5 Å². The van der Waals surface area contributed by atoms with Crippen molar-refractivity contribution in [3.63, 3.8) is 0 Å². The molecule has 0 bridgehead atoms. The standard InChI is InChI=1S/C18H18N2O2S/c1-20-16-9-8-15(11-14(16)7-10-17(20)23)19-18(21)22-12-13-5-3-2-4-6-13/h2-6,8-9,11H,7,10,12H2,1H3,(H,19,21). The molecule has 0 saturated heterocycles. The predicted octanol–water partition coefficient (Wildman–Crippen LogP) is 4.15. The Morgan fingerprint density at radius 3 is 2.78 bits per heavy atom. The zero-order valence-electron chi connectivity index (χ0n) is 12.9. The lowest BCUT2D eigenvalue weighted by Crippen LogP contribution is -2.29. The second-order valence-electron chi connectivity index (χ2n) is 5.48. The van der Waals surface area contributed by atoms with Crippen molar-refractivity contribution in [3.8, 4) is 0 Å². The van der Waals surface area contributed by atoms with Crippen LogP contribution in [-0.4, -0.2) is 18.1 Å². The molecule has 0 aromatic heterocycles. The first kappa shape index (κ1) is 15.5. The first-order chi connectivity index (χ1) is 11.1. The number of carbonyl (C=O) groups excluding carboxylic acids is 1. The highest BCUT2D eigenvalue weighted by Crippen LogP contribution is 2.29. The average molecular weight is 326 g/mol. The third-order valence-electron chi connectivity index (χ3n) is 3.88. The van der Waals surface area contributed by atoms with Crippen molar-refractivity contribution >= 4 is 34.7 Å². The summed E-state index contributed by atoms with van der Waals surface area (Å²) in [6, 6.07) is 15.4. The number of thiocarbonyl (C=S) groups is 1. The molecular weight excluding hydrogens is 308 g/mol. The first-order valence-corrected chi connectivity index (χ1v) is 7.91. The van der Waals surface area contributed by atoms with Crippen molar-refractivity contribution in [3.05, 3.63) is 59.7 Å². The quantitative estimate of drug-likeness (QED) is 0.861. The van der Waals surface area contributed by atoms with Crippen molar-refractivity contribution < 1.29 is 9.53 Å². The van der Waals surface area contributed by atoms with Crippen LogP contribution in [0.5, 0.6) is 0 Å². The average Bonchev–Trinajstić information content (AvgIpc) is 2.57. The molecule has 1 aliphatic rings. The molecule has 4 nitrogen and oxygen atoms in total. The Hall–Kier alpha value is -2.40. The monoisotopic (exact) mass is 326 g/mol. The van der Waals surface area contributed by atoms with E-state index in [1.165, 1.54) is 5.56 Å². The van der Waals surface area contributed by atoms with Crippen molar-refractivity contribution in [2.24, 2.45) is 0 Å². The fourth-order valence-electron chi connectivity index (χ4n) is 2.61. The summed E-state index contributed by atoms with van der Waals surface area (Å²) >= 11 is 5.32. The van der Waals surface area contributed by atoms with E-state index < -0.39 is 6.09 Å². The lowest BCUT2D eigenvalue weighted by atomic mass is 10.0. The van der Waals surface area contributed by atoms with E-state index in [4.69, 9.17) is 17.0 Å². The topological polar surface area (TPSA) is 41.6 Å². The number of hydrogen-bond acceptors (Lipinski definition) is 3. The van der Waals surface area contributed by atoms with Crippen molar-refractivity contribution in [2.45, 2.75) is 19.4 Å². The fourth-order valence-corrected chi connectivity index (χ4v) is 2.81. The van der Waals surface area contributed by atoms with E-state index in [2.05, 4.69) is 5.32 Å². The van der Waals surface area contributed by atoms with Crippen LogP contribution in [0.3, 0.4) is 0 Å². The number of ether oxygens (including phenoxy) is 1. The van der Waals surface area contributed by atoms with E-state index in [1.54, 1.807) is 0 Å². The normalized spacial score (nSPS) is 13.4. The number of amides is 1. The van der Waals surface area contributed by atoms with Gasteiger partial charge < -0.3 is 9.64 Å². The van der Waals surface area contributed by atoms with Gasteiger partial charge in [-0.3, -0.25) is 5.32 Å². The molecule has 3 rings (SSSR count). The lowest BCUT2D eigenvalue weighted by molar-refractivity contribution is 0.155. The Morgan fingerprint density at radius 2 is 2.00 bits per heavy atom. The fraction of sp³-hybridized carbons (Fsp3) is 0.222. The minimum atomic E-state index is -0.450. The largest absolute Gasteiger partial charge is 0.444 e. The number of nitrogens with zero attached hydrogens (tertiary/aromatic N) is 1. The van der Waals surface area contributed by atoms with Gasteiger partial charge in [0, 0.05) is 24.8 Å². The zero-order valence-corrected chi connectivity index (χ0v) is 13.7. The smallest absolute Gasteiger partial charge is 0.411 e. The molecule has 5 heteroatoms. The molecule has 0 radical (unpaired) electrons.